The minimum Gasteiger partial charge on any atom is -0.502 e. The summed E-state index contributed by atoms with van der Waals surface area (Å²) in [7, 11) is 0. The second-order valence-corrected chi connectivity index (χ2v) is 5.71. The van der Waals surface area contributed by atoms with E-state index in [4.69, 9.17) is 0 Å². The van der Waals surface area contributed by atoms with Gasteiger partial charge in [0.25, 0.3) is 5.91 Å². The van der Waals surface area contributed by atoms with Crippen LogP contribution in [0.25, 0.3) is 0 Å². The predicted molar refractivity (Wildman–Crippen MR) is 72.9 cm³/mol. The number of aromatic hydroxyl groups is 1. The molecule has 2 N–H and O–H groups in total. The van der Waals surface area contributed by atoms with E-state index in [0.29, 0.717) is 13.1 Å². The molecule has 3 atom stereocenters. The minimum absolute atomic E-state index is 0.0568. The molecular weight excluding hydrogens is 276 g/mol. The highest BCUT2D eigenvalue weighted by atomic mass is 16.6. The van der Waals surface area contributed by atoms with Gasteiger partial charge in [-0.25, -0.2) is 0 Å². The van der Waals surface area contributed by atoms with Crippen LogP contribution >= 0.6 is 0 Å². The summed E-state index contributed by atoms with van der Waals surface area (Å²) < 4.78 is 0. The third-order valence-corrected chi connectivity index (χ3v) is 4.55. The average Bonchev–Trinajstić information content (AvgIpc) is 3.01. The van der Waals surface area contributed by atoms with Gasteiger partial charge in [-0.3, -0.25) is 14.9 Å². The molecule has 3 unspecified atom stereocenters. The van der Waals surface area contributed by atoms with Gasteiger partial charge in [0.05, 0.1) is 16.6 Å². The largest absolute Gasteiger partial charge is 0.502 e. The van der Waals surface area contributed by atoms with Gasteiger partial charge < -0.3 is 15.1 Å². The highest BCUT2D eigenvalue weighted by Gasteiger charge is 2.43. The molecule has 1 amide bonds. The van der Waals surface area contributed by atoms with Crippen molar-refractivity contribution in [2.24, 2.45) is 11.8 Å². The van der Waals surface area contributed by atoms with Crippen LogP contribution in [-0.4, -0.2) is 45.1 Å². The molecule has 1 heterocycles. The van der Waals surface area contributed by atoms with Crippen LogP contribution in [0.2, 0.25) is 0 Å². The standard InChI is InChI=1S/C14H16N2O5/c17-12-5-4-8-6-15(7-10(8)12)14(19)9-2-1-3-11(13(9)18)16(20)21/h1-3,8,10,12,17-18H,4-7H2. The smallest absolute Gasteiger partial charge is 0.311 e. The first-order valence-corrected chi connectivity index (χ1v) is 6.92. The molecule has 1 saturated heterocycles. The molecule has 0 bridgehead atoms. The van der Waals surface area contributed by atoms with Crippen LogP contribution in [0.5, 0.6) is 5.75 Å². The van der Waals surface area contributed by atoms with Crippen LogP contribution in [0.3, 0.4) is 0 Å². The Bertz CT molecular complexity index is 603. The molecule has 7 nitrogen and oxygen atoms in total. The molecule has 112 valence electrons. The van der Waals surface area contributed by atoms with Gasteiger partial charge in [0.15, 0.2) is 0 Å². The van der Waals surface area contributed by atoms with Gasteiger partial charge in [-0.05, 0) is 24.8 Å². The van der Waals surface area contributed by atoms with E-state index in [2.05, 4.69) is 0 Å². The second kappa shape index (κ2) is 5.00. The van der Waals surface area contributed by atoms with Gasteiger partial charge in [0.1, 0.15) is 0 Å². The molecular formula is C14H16N2O5. The Kier molecular flexibility index (Phi) is 3.29. The first kappa shape index (κ1) is 13.8. The average molecular weight is 292 g/mol. The summed E-state index contributed by atoms with van der Waals surface area (Å²) in [6, 6.07) is 3.93. The number of rotatable bonds is 2. The summed E-state index contributed by atoms with van der Waals surface area (Å²) in [5.74, 6) is -0.650. The first-order valence-electron chi connectivity index (χ1n) is 6.92. The monoisotopic (exact) mass is 292 g/mol. The van der Waals surface area contributed by atoms with Crippen molar-refractivity contribution in [1.29, 1.82) is 0 Å². The molecule has 3 rings (SSSR count). The number of likely N-dealkylation sites (tertiary alicyclic amines) is 1. The van der Waals surface area contributed by atoms with Crippen LogP contribution in [0.4, 0.5) is 5.69 Å². The zero-order valence-electron chi connectivity index (χ0n) is 11.3. The van der Waals surface area contributed by atoms with Crippen LogP contribution in [0.1, 0.15) is 23.2 Å². The summed E-state index contributed by atoms with van der Waals surface area (Å²) in [5.41, 5.74) is -0.529. The Balaban J connectivity index is 1.84. The van der Waals surface area contributed by atoms with Crippen molar-refractivity contribution in [3.8, 4) is 5.75 Å². The Morgan fingerprint density at radius 3 is 2.76 bits per heavy atom. The molecule has 2 aliphatic rings. The quantitative estimate of drug-likeness (QED) is 0.628. The molecule has 1 aliphatic carbocycles. The molecule has 1 aliphatic heterocycles. The Morgan fingerprint density at radius 2 is 2.10 bits per heavy atom. The number of nitro groups is 1. The maximum Gasteiger partial charge on any atom is 0.311 e. The molecule has 7 heteroatoms. The number of fused-ring (bicyclic) bond motifs is 1. The minimum atomic E-state index is -0.714. The fraction of sp³-hybridized carbons (Fsp3) is 0.500. The SMILES string of the molecule is O=C(c1cccc([N+](=O)[O-])c1O)N1CC2CCC(O)C2C1. The van der Waals surface area contributed by atoms with E-state index in [9.17, 15) is 25.1 Å². The summed E-state index contributed by atoms with van der Waals surface area (Å²) in [5, 5.41) is 30.6. The summed E-state index contributed by atoms with van der Waals surface area (Å²) in [6.45, 7) is 0.968. The van der Waals surface area contributed by atoms with Gasteiger partial charge in [0, 0.05) is 25.1 Å². The number of amides is 1. The van der Waals surface area contributed by atoms with Gasteiger partial charge in [-0.1, -0.05) is 6.07 Å². The number of nitrogens with zero attached hydrogens (tertiary/aromatic N) is 2. The number of carbonyl (C=O) groups excluding carboxylic acids is 1. The van der Waals surface area contributed by atoms with Crippen molar-refractivity contribution in [2.45, 2.75) is 18.9 Å². The normalized spacial score (nSPS) is 27.7. The van der Waals surface area contributed by atoms with Gasteiger partial charge in [-0.15, -0.1) is 0 Å². The van der Waals surface area contributed by atoms with Crippen LogP contribution in [0, 0.1) is 22.0 Å². The second-order valence-electron chi connectivity index (χ2n) is 5.71. The number of phenolic OH excluding ortho intramolecular Hbond substituents is 1. The van der Waals surface area contributed by atoms with E-state index in [0.717, 1.165) is 18.9 Å². The van der Waals surface area contributed by atoms with Gasteiger partial charge in [0.2, 0.25) is 5.75 Å². The van der Waals surface area contributed by atoms with Gasteiger partial charge in [-0.2, -0.15) is 0 Å². The molecule has 0 radical (unpaired) electrons. The predicted octanol–water partition coefficient (Wildman–Crippen LogP) is 1.14. The summed E-state index contributed by atoms with van der Waals surface area (Å²) in [4.78, 5) is 24.1. The summed E-state index contributed by atoms with van der Waals surface area (Å²) in [6.07, 6.45) is 1.27. The lowest BCUT2D eigenvalue weighted by Gasteiger charge is -2.18. The van der Waals surface area contributed by atoms with Crippen molar-refractivity contribution >= 4 is 11.6 Å². The van der Waals surface area contributed by atoms with Crippen molar-refractivity contribution < 1.29 is 19.9 Å². The van der Waals surface area contributed by atoms with Crippen LogP contribution in [0.15, 0.2) is 18.2 Å². The molecule has 0 spiro atoms. The molecule has 1 saturated carbocycles. The van der Waals surface area contributed by atoms with Crippen molar-refractivity contribution in [1.82, 2.24) is 4.90 Å². The number of para-hydroxylation sites is 1. The van der Waals surface area contributed by atoms with Gasteiger partial charge >= 0.3 is 5.69 Å². The highest BCUT2D eigenvalue weighted by Crippen LogP contribution is 2.39. The van der Waals surface area contributed by atoms with E-state index in [1.165, 1.54) is 12.1 Å². The van der Waals surface area contributed by atoms with E-state index in [1.54, 1.807) is 4.90 Å². The zero-order chi connectivity index (χ0) is 15.1. The fourth-order valence-electron chi connectivity index (χ4n) is 3.42. The number of nitro benzene ring substituents is 1. The fourth-order valence-corrected chi connectivity index (χ4v) is 3.42. The van der Waals surface area contributed by atoms with Crippen LogP contribution < -0.4 is 0 Å². The molecule has 1 aromatic rings. The molecule has 21 heavy (non-hydrogen) atoms. The highest BCUT2D eigenvalue weighted by molar-refractivity contribution is 5.98. The molecule has 2 fully saturated rings. The molecule has 1 aromatic carbocycles. The van der Waals surface area contributed by atoms with E-state index >= 15 is 0 Å². The summed E-state index contributed by atoms with van der Waals surface area (Å²) >= 11 is 0. The third kappa shape index (κ3) is 2.23. The number of carbonyl (C=O) groups is 1. The zero-order valence-corrected chi connectivity index (χ0v) is 11.3. The number of phenols is 1. The maximum absolute atomic E-state index is 12.4. The first-order chi connectivity index (χ1) is 9.99. The van der Waals surface area contributed by atoms with E-state index in [-0.39, 0.29) is 23.5 Å². The lowest BCUT2D eigenvalue weighted by atomic mass is 10.00. The Labute approximate surface area is 121 Å². The third-order valence-electron chi connectivity index (χ3n) is 4.55. The Morgan fingerprint density at radius 1 is 1.33 bits per heavy atom. The molecule has 0 aromatic heterocycles. The lowest BCUT2D eigenvalue weighted by Crippen LogP contribution is -2.31. The lowest BCUT2D eigenvalue weighted by molar-refractivity contribution is -0.385. The van der Waals surface area contributed by atoms with Crippen molar-refractivity contribution in [2.75, 3.05) is 13.1 Å². The number of hydrogen-bond donors (Lipinski definition) is 2. The number of aliphatic hydroxyl groups excluding tert-OH is 1. The van der Waals surface area contributed by atoms with Crippen LogP contribution in [-0.2, 0) is 0 Å². The van der Waals surface area contributed by atoms with E-state index < -0.39 is 22.3 Å². The maximum atomic E-state index is 12.4. The number of aliphatic hydroxyl groups is 1. The topological polar surface area (TPSA) is 104 Å². The van der Waals surface area contributed by atoms with Crippen molar-refractivity contribution in [3.63, 3.8) is 0 Å². The van der Waals surface area contributed by atoms with Crippen molar-refractivity contribution in [3.05, 3.63) is 33.9 Å². The Hall–Kier alpha value is -2.15. The van der Waals surface area contributed by atoms with E-state index in [1.807, 2.05) is 0 Å². The number of hydrogen-bond acceptors (Lipinski definition) is 5. The number of benzene rings is 1.